The van der Waals surface area contributed by atoms with E-state index in [-0.39, 0.29) is 17.9 Å². The van der Waals surface area contributed by atoms with Crippen molar-refractivity contribution in [2.45, 2.75) is 25.5 Å². The molecule has 1 aromatic rings. The van der Waals surface area contributed by atoms with Gasteiger partial charge in [-0.05, 0) is 13.0 Å². The van der Waals surface area contributed by atoms with Crippen LogP contribution in [-0.2, 0) is 9.53 Å². The largest absolute Gasteiger partial charge is 0.375 e. The van der Waals surface area contributed by atoms with Crippen molar-refractivity contribution in [1.82, 2.24) is 9.78 Å². The first-order valence-electron chi connectivity index (χ1n) is 4.46. The fourth-order valence-corrected chi connectivity index (χ4v) is 1.60. The van der Waals surface area contributed by atoms with E-state index in [1.807, 2.05) is 13.0 Å². The third-order valence-corrected chi connectivity index (χ3v) is 2.28. The highest BCUT2D eigenvalue weighted by atomic mass is 16.5. The summed E-state index contributed by atoms with van der Waals surface area (Å²) < 4.78 is 7.08. The van der Waals surface area contributed by atoms with Crippen LogP contribution in [0.2, 0.25) is 0 Å². The maximum Gasteiger partial charge on any atom is 0.162 e. The number of ether oxygens (including phenoxy) is 1. The van der Waals surface area contributed by atoms with Crippen molar-refractivity contribution in [3.05, 3.63) is 18.5 Å². The topological polar surface area (TPSA) is 44.1 Å². The van der Waals surface area contributed by atoms with Gasteiger partial charge in [0.25, 0.3) is 0 Å². The summed E-state index contributed by atoms with van der Waals surface area (Å²) in [4.78, 5) is 11.3. The van der Waals surface area contributed by atoms with Crippen LogP contribution in [0.15, 0.2) is 18.5 Å². The van der Waals surface area contributed by atoms with Crippen molar-refractivity contribution in [1.29, 1.82) is 0 Å². The van der Waals surface area contributed by atoms with Gasteiger partial charge < -0.3 is 4.74 Å². The van der Waals surface area contributed by atoms with E-state index in [2.05, 4.69) is 5.10 Å². The Hall–Kier alpha value is -1.16. The summed E-state index contributed by atoms with van der Waals surface area (Å²) in [7, 11) is 0. The van der Waals surface area contributed by atoms with Gasteiger partial charge in [0.1, 0.15) is 6.04 Å². The van der Waals surface area contributed by atoms with Gasteiger partial charge in [0.15, 0.2) is 5.78 Å². The van der Waals surface area contributed by atoms with E-state index in [1.165, 1.54) is 0 Å². The average molecular weight is 180 g/mol. The molecule has 4 heteroatoms. The summed E-state index contributed by atoms with van der Waals surface area (Å²) in [5.74, 6) is 0.210. The molecule has 0 spiro atoms. The zero-order valence-corrected chi connectivity index (χ0v) is 7.51. The number of nitrogens with zero attached hydrogens (tertiary/aromatic N) is 2. The van der Waals surface area contributed by atoms with Gasteiger partial charge in [-0.25, -0.2) is 0 Å². The summed E-state index contributed by atoms with van der Waals surface area (Å²) in [6, 6.07) is 1.63. The highest BCUT2D eigenvalue weighted by molar-refractivity contribution is 5.89. The number of hydrogen-bond acceptors (Lipinski definition) is 3. The van der Waals surface area contributed by atoms with Gasteiger partial charge in [0.05, 0.1) is 6.10 Å². The first-order chi connectivity index (χ1) is 6.33. The molecule has 0 radical (unpaired) electrons. The maximum absolute atomic E-state index is 11.3. The lowest BCUT2D eigenvalue weighted by Gasteiger charge is -2.34. The summed E-state index contributed by atoms with van der Waals surface area (Å²) in [5.41, 5.74) is 0. The molecule has 0 unspecified atom stereocenters. The smallest absolute Gasteiger partial charge is 0.162 e. The number of Topliss-reactive ketones (excluding diaryl/α,β-unsaturated/α-hetero) is 1. The Kier molecular flexibility index (Phi) is 2.14. The van der Waals surface area contributed by atoms with Gasteiger partial charge in [-0.15, -0.1) is 0 Å². The third kappa shape index (κ3) is 1.37. The molecule has 70 valence electrons. The molecule has 0 aliphatic heterocycles. The minimum atomic E-state index is -0.185. The van der Waals surface area contributed by atoms with Crippen LogP contribution in [0.4, 0.5) is 0 Å². The van der Waals surface area contributed by atoms with Gasteiger partial charge in [-0.1, -0.05) is 0 Å². The van der Waals surface area contributed by atoms with Gasteiger partial charge in [0.2, 0.25) is 0 Å². The minimum absolute atomic E-state index is 0.0254. The van der Waals surface area contributed by atoms with Crippen LogP contribution in [0.3, 0.4) is 0 Å². The van der Waals surface area contributed by atoms with E-state index in [0.29, 0.717) is 13.0 Å². The lowest BCUT2D eigenvalue weighted by molar-refractivity contribution is -0.143. The Morgan fingerprint density at radius 2 is 2.62 bits per heavy atom. The van der Waals surface area contributed by atoms with Crippen LogP contribution in [0.5, 0.6) is 0 Å². The van der Waals surface area contributed by atoms with Crippen molar-refractivity contribution in [3.63, 3.8) is 0 Å². The average Bonchev–Trinajstić information content (AvgIpc) is 2.56. The van der Waals surface area contributed by atoms with E-state index in [4.69, 9.17) is 4.74 Å². The predicted molar refractivity (Wildman–Crippen MR) is 46.3 cm³/mol. The molecule has 0 saturated heterocycles. The number of carbonyl (C=O) groups excluding carboxylic acids is 1. The normalized spacial score (nSPS) is 27.3. The summed E-state index contributed by atoms with van der Waals surface area (Å²) in [6.07, 6.45) is 4.03. The minimum Gasteiger partial charge on any atom is -0.375 e. The molecule has 0 amide bonds. The summed E-state index contributed by atoms with van der Waals surface area (Å²) in [6.45, 7) is 2.58. The number of rotatable bonds is 3. The van der Waals surface area contributed by atoms with Gasteiger partial charge in [0, 0.05) is 25.4 Å². The molecule has 0 aromatic carbocycles. The molecule has 4 nitrogen and oxygen atoms in total. The molecule has 1 aromatic heterocycles. The summed E-state index contributed by atoms with van der Waals surface area (Å²) in [5, 5.41) is 4.04. The van der Waals surface area contributed by atoms with Gasteiger partial charge in [-0.2, -0.15) is 5.10 Å². The number of aromatic nitrogens is 2. The molecule has 1 aliphatic rings. The Balaban J connectivity index is 2.09. The van der Waals surface area contributed by atoms with Crippen molar-refractivity contribution >= 4 is 5.78 Å². The number of hydrogen-bond donors (Lipinski definition) is 0. The molecular weight excluding hydrogens is 168 g/mol. The quantitative estimate of drug-likeness (QED) is 0.691. The van der Waals surface area contributed by atoms with Crippen LogP contribution in [-0.4, -0.2) is 28.3 Å². The maximum atomic E-state index is 11.3. The third-order valence-electron chi connectivity index (χ3n) is 2.28. The first kappa shape index (κ1) is 8.44. The summed E-state index contributed by atoms with van der Waals surface area (Å²) >= 11 is 0. The number of ketones is 1. The van der Waals surface area contributed by atoms with Crippen LogP contribution < -0.4 is 0 Å². The monoisotopic (exact) mass is 180 g/mol. The molecule has 13 heavy (non-hydrogen) atoms. The highest BCUT2D eigenvalue weighted by Crippen LogP contribution is 2.30. The van der Waals surface area contributed by atoms with E-state index in [9.17, 15) is 4.79 Å². The molecule has 2 rings (SSSR count). The molecular formula is C9H12N2O2. The van der Waals surface area contributed by atoms with Crippen LogP contribution in [0.25, 0.3) is 0 Å². The zero-order chi connectivity index (χ0) is 9.26. The second kappa shape index (κ2) is 3.30. The molecule has 0 N–H and O–H groups in total. The van der Waals surface area contributed by atoms with Crippen molar-refractivity contribution in [3.8, 4) is 0 Å². The Morgan fingerprint density at radius 3 is 3.15 bits per heavy atom. The Morgan fingerprint density at radius 1 is 1.77 bits per heavy atom. The van der Waals surface area contributed by atoms with E-state index in [0.717, 1.165) is 0 Å². The predicted octanol–water partition coefficient (Wildman–Crippen LogP) is 0.802. The van der Waals surface area contributed by atoms with Crippen molar-refractivity contribution in [2.24, 2.45) is 0 Å². The fraction of sp³-hybridized carbons (Fsp3) is 0.556. The van der Waals surface area contributed by atoms with Crippen LogP contribution in [0.1, 0.15) is 19.4 Å². The highest BCUT2D eigenvalue weighted by Gasteiger charge is 2.42. The SMILES string of the molecule is CCO[C@@H]1CC(=O)[C@H]1n1cccn1. The van der Waals surface area contributed by atoms with Crippen LogP contribution >= 0.6 is 0 Å². The number of carbonyl (C=O) groups is 1. The zero-order valence-electron chi connectivity index (χ0n) is 7.51. The molecule has 1 heterocycles. The van der Waals surface area contributed by atoms with Crippen LogP contribution in [0, 0.1) is 0 Å². The van der Waals surface area contributed by atoms with E-state index >= 15 is 0 Å². The Labute approximate surface area is 76.5 Å². The first-order valence-corrected chi connectivity index (χ1v) is 4.46. The molecule has 1 fully saturated rings. The second-order valence-electron chi connectivity index (χ2n) is 3.10. The second-order valence-corrected chi connectivity index (χ2v) is 3.10. The standard InChI is InChI=1S/C9H12N2O2/c1-2-13-8-6-7(12)9(8)11-5-3-4-10-11/h3-5,8-9H,2,6H2,1H3/t8-,9-/m1/s1. The molecule has 1 aliphatic carbocycles. The van der Waals surface area contributed by atoms with Crippen molar-refractivity contribution in [2.75, 3.05) is 6.61 Å². The van der Waals surface area contributed by atoms with Crippen molar-refractivity contribution < 1.29 is 9.53 Å². The lowest BCUT2D eigenvalue weighted by atomic mass is 9.87. The molecule has 2 atom stereocenters. The molecule has 1 saturated carbocycles. The van der Waals surface area contributed by atoms with E-state index in [1.54, 1.807) is 17.1 Å². The van der Waals surface area contributed by atoms with Gasteiger partial charge in [-0.3, -0.25) is 9.48 Å². The molecule has 0 bridgehead atoms. The Bertz CT molecular complexity index is 295. The van der Waals surface area contributed by atoms with E-state index < -0.39 is 0 Å². The van der Waals surface area contributed by atoms with Gasteiger partial charge >= 0.3 is 0 Å². The fourth-order valence-electron chi connectivity index (χ4n) is 1.60. The lowest BCUT2D eigenvalue weighted by Crippen LogP contribution is -2.45.